The second-order valence-corrected chi connectivity index (χ2v) is 11.9. The Labute approximate surface area is 233 Å². The van der Waals surface area contributed by atoms with Gasteiger partial charge in [-0.25, -0.2) is 9.48 Å². The third-order valence-electron chi connectivity index (χ3n) is 7.78. The fourth-order valence-electron chi connectivity index (χ4n) is 5.71. The fraction of sp³-hybridized carbons (Fsp3) is 0.483. The number of piperidine rings is 1. The van der Waals surface area contributed by atoms with Crippen LogP contribution in [-0.4, -0.2) is 46.3 Å². The summed E-state index contributed by atoms with van der Waals surface area (Å²) in [4.78, 5) is 14.7. The van der Waals surface area contributed by atoms with Crippen molar-refractivity contribution >= 4 is 34.9 Å². The van der Waals surface area contributed by atoms with Crippen molar-refractivity contribution in [3.63, 3.8) is 0 Å². The molecule has 3 fully saturated rings. The van der Waals surface area contributed by atoms with Crippen molar-refractivity contribution in [2.45, 2.75) is 64.3 Å². The Hall–Kier alpha value is -2.61. The summed E-state index contributed by atoms with van der Waals surface area (Å²) < 4.78 is 13.9. The topological polar surface area (TPSA) is 69.5 Å². The van der Waals surface area contributed by atoms with Crippen LogP contribution in [0.5, 0.6) is 0 Å². The molecule has 0 amide bonds. The molecule has 6 rings (SSSR count). The summed E-state index contributed by atoms with van der Waals surface area (Å²) in [5.41, 5.74) is 4.11. The Bertz CT molecular complexity index is 1300. The van der Waals surface area contributed by atoms with Gasteiger partial charge in [-0.3, -0.25) is 0 Å². The van der Waals surface area contributed by atoms with Gasteiger partial charge >= 0.3 is 5.97 Å². The number of carbonyl (C=O) groups excluding carboxylic acids is 1. The lowest BCUT2D eigenvalue weighted by Gasteiger charge is -2.33. The molecule has 7 nitrogen and oxygen atoms in total. The molecule has 0 N–H and O–H groups in total. The van der Waals surface area contributed by atoms with E-state index >= 15 is 0 Å². The van der Waals surface area contributed by atoms with Crippen molar-refractivity contribution in [1.29, 1.82) is 0 Å². The summed E-state index contributed by atoms with van der Waals surface area (Å²) in [5, 5.41) is 10.1. The lowest BCUT2D eigenvalue weighted by Crippen LogP contribution is -2.38. The van der Waals surface area contributed by atoms with Crippen molar-refractivity contribution in [3.8, 4) is 11.3 Å². The van der Waals surface area contributed by atoms with Gasteiger partial charge in [0.05, 0.1) is 46.7 Å². The summed E-state index contributed by atoms with van der Waals surface area (Å²) in [5.74, 6) is 0.506. The van der Waals surface area contributed by atoms with Gasteiger partial charge in [-0.2, -0.15) is 0 Å². The van der Waals surface area contributed by atoms with Crippen LogP contribution in [0.1, 0.15) is 61.6 Å². The summed E-state index contributed by atoms with van der Waals surface area (Å²) in [6, 6.07) is 14.1. The maximum Gasteiger partial charge on any atom is 0.338 e. The van der Waals surface area contributed by atoms with E-state index in [4.69, 9.17) is 32.7 Å². The van der Waals surface area contributed by atoms with Gasteiger partial charge in [0.1, 0.15) is 5.69 Å². The molecule has 3 aliphatic rings. The molecule has 2 bridgehead atoms. The van der Waals surface area contributed by atoms with Gasteiger partial charge in [0, 0.05) is 29.8 Å². The van der Waals surface area contributed by atoms with E-state index in [1.807, 2.05) is 61.0 Å². The lowest BCUT2D eigenvalue weighted by atomic mass is 10.0. The largest absolute Gasteiger partial charge is 0.462 e. The first kappa shape index (κ1) is 25.7. The minimum atomic E-state index is -0.265. The highest BCUT2D eigenvalue weighted by Gasteiger charge is 2.45. The number of hydrogen-bond donors (Lipinski definition) is 0. The second-order valence-electron chi connectivity index (χ2n) is 11.1. The molecule has 2 aliphatic carbocycles. The SMILES string of the molecule is CC(C)COC(=O)c1ccc(N2C[C@@H]3C[C@H]2C[C@H]3OCc2c(-c3c(Cl)cccc3Cl)nnn2C2CC2)cc1. The van der Waals surface area contributed by atoms with E-state index < -0.39 is 0 Å². The van der Waals surface area contributed by atoms with Crippen LogP contribution < -0.4 is 4.90 Å². The van der Waals surface area contributed by atoms with E-state index in [1.54, 1.807) is 0 Å². The minimum absolute atomic E-state index is 0.179. The summed E-state index contributed by atoms with van der Waals surface area (Å²) in [6.07, 6.45) is 4.45. The van der Waals surface area contributed by atoms with Crippen molar-refractivity contribution in [1.82, 2.24) is 15.0 Å². The van der Waals surface area contributed by atoms with Gasteiger partial charge in [0.25, 0.3) is 0 Å². The van der Waals surface area contributed by atoms with Crippen LogP contribution in [-0.2, 0) is 16.1 Å². The zero-order valence-corrected chi connectivity index (χ0v) is 23.2. The molecular weight excluding hydrogens is 523 g/mol. The van der Waals surface area contributed by atoms with Crippen LogP contribution in [0.15, 0.2) is 42.5 Å². The predicted octanol–water partition coefficient (Wildman–Crippen LogP) is 6.58. The Kier molecular flexibility index (Phi) is 7.10. The Morgan fingerprint density at radius 2 is 1.79 bits per heavy atom. The predicted molar refractivity (Wildman–Crippen MR) is 148 cm³/mol. The lowest BCUT2D eigenvalue weighted by molar-refractivity contribution is 0.00958. The highest BCUT2D eigenvalue weighted by Crippen LogP contribution is 2.44. The highest BCUT2D eigenvalue weighted by molar-refractivity contribution is 6.39. The van der Waals surface area contributed by atoms with Crippen LogP contribution in [0.4, 0.5) is 5.69 Å². The normalized spacial score (nSPS) is 22.4. The number of carbonyl (C=O) groups is 1. The number of hydrogen-bond acceptors (Lipinski definition) is 6. The number of halogens is 2. The Balaban J connectivity index is 1.11. The molecule has 0 radical (unpaired) electrons. The van der Waals surface area contributed by atoms with Crippen LogP contribution in [0, 0.1) is 11.8 Å². The Morgan fingerprint density at radius 3 is 2.42 bits per heavy atom. The third-order valence-corrected chi connectivity index (χ3v) is 8.41. The van der Waals surface area contributed by atoms with E-state index in [9.17, 15) is 4.79 Å². The number of fused-ring (bicyclic) bond motifs is 2. The summed E-state index contributed by atoms with van der Waals surface area (Å²) >= 11 is 13.0. The number of aromatic nitrogens is 3. The molecule has 200 valence electrons. The Morgan fingerprint density at radius 1 is 1.05 bits per heavy atom. The molecule has 3 atom stereocenters. The molecule has 3 aromatic rings. The number of rotatable bonds is 9. The number of nitrogens with zero attached hydrogens (tertiary/aromatic N) is 4. The van der Waals surface area contributed by atoms with Gasteiger partial charge in [-0.05, 0) is 68.0 Å². The summed E-state index contributed by atoms with van der Waals surface area (Å²) in [6.45, 7) is 5.86. The minimum Gasteiger partial charge on any atom is -0.462 e. The van der Waals surface area contributed by atoms with Gasteiger partial charge < -0.3 is 14.4 Å². The standard InChI is InChI=1S/C29H32Cl2N4O3/c1-17(2)15-38-29(36)18-6-8-20(9-7-18)34-14-19-12-22(34)13-26(19)37-16-25-28(32-33-35(25)21-10-11-21)27-23(30)4-3-5-24(27)31/h3-9,17,19,21-22,26H,10-16H2,1-2H3/t19-,22-,26+/m0/s1. The smallest absolute Gasteiger partial charge is 0.338 e. The number of anilines is 1. The third kappa shape index (κ3) is 5.04. The molecule has 2 heterocycles. The maximum atomic E-state index is 12.3. The van der Waals surface area contributed by atoms with Crippen LogP contribution in [0.3, 0.4) is 0 Å². The maximum absolute atomic E-state index is 12.3. The highest BCUT2D eigenvalue weighted by atomic mass is 35.5. The van der Waals surface area contributed by atoms with Crippen LogP contribution >= 0.6 is 23.2 Å². The number of esters is 1. The first-order valence-corrected chi connectivity index (χ1v) is 14.2. The zero-order valence-electron chi connectivity index (χ0n) is 21.6. The van der Waals surface area contributed by atoms with Crippen LogP contribution in [0.25, 0.3) is 11.3 Å². The average molecular weight is 556 g/mol. The molecule has 1 aliphatic heterocycles. The first-order chi connectivity index (χ1) is 18.4. The molecule has 2 aromatic carbocycles. The van der Waals surface area contributed by atoms with Crippen molar-refractivity contribution in [2.24, 2.45) is 11.8 Å². The second kappa shape index (κ2) is 10.5. The molecule has 0 unspecified atom stereocenters. The molecule has 1 saturated heterocycles. The van der Waals surface area contributed by atoms with E-state index in [1.165, 1.54) is 0 Å². The van der Waals surface area contributed by atoms with Crippen molar-refractivity contribution < 1.29 is 14.3 Å². The molecule has 9 heteroatoms. The molecular formula is C29H32Cl2N4O3. The van der Waals surface area contributed by atoms with E-state index in [0.29, 0.717) is 58.4 Å². The molecule has 2 saturated carbocycles. The molecule has 38 heavy (non-hydrogen) atoms. The van der Waals surface area contributed by atoms with E-state index in [-0.39, 0.29) is 12.1 Å². The monoisotopic (exact) mass is 554 g/mol. The van der Waals surface area contributed by atoms with Gasteiger partial charge in [0.2, 0.25) is 0 Å². The van der Waals surface area contributed by atoms with Crippen molar-refractivity contribution in [3.05, 3.63) is 63.8 Å². The molecule has 0 spiro atoms. The van der Waals surface area contributed by atoms with Crippen LogP contribution in [0.2, 0.25) is 10.0 Å². The van der Waals surface area contributed by atoms with Crippen molar-refractivity contribution in [2.75, 3.05) is 18.1 Å². The van der Waals surface area contributed by atoms with Gasteiger partial charge in [0.15, 0.2) is 0 Å². The molecule has 1 aromatic heterocycles. The van der Waals surface area contributed by atoms with E-state index in [2.05, 4.69) is 15.2 Å². The van der Waals surface area contributed by atoms with Gasteiger partial charge in [-0.1, -0.05) is 48.3 Å². The van der Waals surface area contributed by atoms with E-state index in [0.717, 1.165) is 49.2 Å². The number of benzene rings is 2. The van der Waals surface area contributed by atoms with Gasteiger partial charge in [-0.15, -0.1) is 5.10 Å². The average Bonchev–Trinajstić information content (AvgIpc) is 3.35. The fourth-order valence-corrected chi connectivity index (χ4v) is 6.28. The quantitative estimate of drug-likeness (QED) is 0.278. The summed E-state index contributed by atoms with van der Waals surface area (Å²) in [7, 11) is 0. The zero-order chi connectivity index (χ0) is 26.4. The number of ether oxygens (including phenoxy) is 2. The first-order valence-electron chi connectivity index (χ1n) is 13.4.